The van der Waals surface area contributed by atoms with E-state index < -0.39 is 0 Å². The van der Waals surface area contributed by atoms with Crippen LogP contribution in [0, 0.1) is 0 Å². The lowest BCUT2D eigenvalue weighted by molar-refractivity contribution is -0.135. The lowest BCUT2D eigenvalue weighted by atomic mass is 10.0. The van der Waals surface area contributed by atoms with Gasteiger partial charge in [0.1, 0.15) is 0 Å². The Bertz CT molecular complexity index is 223. The zero-order valence-electron chi connectivity index (χ0n) is 9.95. The van der Waals surface area contributed by atoms with E-state index in [0.717, 1.165) is 39.1 Å². The first-order chi connectivity index (χ1) is 7.27. The highest BCUT2D eigenvalue weighted by atomic mass is 35.5. The van der Waals surface area contributed by atoms with Gasteiger partial charge in [-0.1, -0.05) is 6.42 Å². The van der Waals surface area contributed by atoms with Crippen LogP contribution in [0.15, 0.2) is 0 Å². The lowest BCUT2D eigenvalue weighted by Crippen LogP contribution is -2.54. The molecule has 2 fully saturated rings. The molecule has 0 aliphatic carbocycles. The van der Waals surface area contributed by atoms with Gasteiger partial charge in [-0.3, -0.25) is 4.79 Å². The Kier molecular flexibility index (Phi) is 5.52. The Hall–Kier alpha value is -0.320. The van der Waals surface area contributed by atoms with Crippen molar-refractivity contribution in [2.24, 2.45) is 0 Å². The average Bonchev–Trinajstić information content (AvgIpc) is 2.30. The summed E-state index contributed by atoms with van der Waals surface area (Å²) in [5, 5.41) is 3.32. The Balaban J connectivity index is 0.00000128. The Morgan fingerprint density at radius 1 is 1.19 bits per heavy atom. The molecule has 0 spiro atoms. The van der Waals surface area contributed by atoms with E-state index in [2.05, 4.69) is 17.3 Å². The summed E-state index contributed by atoms with van der Waals surface area (Å²) in [4.78, 5) is 16.4. The van der Waals surface area contributed by atoms with Gasteiger partial charge in [-0.25, -0.2) is 0 Å². The maximum Gasteiger partial charge on any atom is 0.239 e. The zero-order valence-corrected chi connectivity index (χ0v) is 10.8. The van der Waals surface area contributed by atoms with Gasteiger partial charge in [0.05, 0.1) is 6.04 Å². The van der Waals surface area contributed by atoms with Crippen LogP contribution in [0.4, 0.5) is 0 Å². The highest BCUT2D eigenvalue weighted by Crippen LogP contribution is 2.11. The van der Waals surface area contributed by atoms with Crippen LogP contribution in [0.3, 0.4) is 0 Å². The van der Waals surface area contributed by atoms with Gasteiger partial charge in [-0.05, 0) is 26.4 Å². The summed E-state index contributed by atoms with van der Waals surface area (Å²) in [6.45, 7) is 4.82. The van der Waals surface area contributed by atoms with Crippen molar-refractivity contribution in [2.75, 3.05) is 39.8 Å². The number of piperazine rings is 1. The largest absolute Gasteiger partial charge is 0.339 e. The molecule has 0 radical (unpaired) electrons. The molecular formula is C11H22ClN3O. The smallest absolute Gasteiger partial charge is 0.239 e. The molecule has 1 N–H and O–H groups in total. The van der Waals surface area contributed by atoms with E-state index in [1.165, 1.54) is 12.8 Å². The number of amides is 1. The zero-order chi connectivity index (χ0) is 10.7. The summed E-state index contributed by atoms with van der Waals surface area (Å²) in [5.74, 6) is 0.322. The first-order valence-electron chi connectivity index (χ1n) is 5.98. The van der Waals surface area contributed by atoms with Crippen molar-refractivity contribution in [3.63, 3.8) is 0 Å². The molecule has 1 atom stereocenters. The van der Waals surface area contributed by atoms with E-state index in [0.29, 0.717) is 5.91 Å². The molecule has 2 aliphatic heterocycles. The second-order valence-electron chi connectivity index (χ2n) is 4.63. The van der Waals surface area contributed by atoms with Crippen LogP contribution in [-0.2, 0) is 4.79 Å². The molecule has 2 heterocycles. The molecule has 0 aromatic rings. The second-order valence-corrected chi connectivity index (χ2v) is 4.63. The summed E-state index contributed by atoms with van der Waals surface area (Å²) in [6, 6.07) is 0.0992. The van der Waals surface area contributed by atoms with Crippen molar-refractivity contribution in [3.05, 3.63) is 0 Å². The number of piperidine rings is 1. The van der Waals surface area contributed by atoms with Crippen molar-refractivity contribution in [3.8, 4) is 0 Å². The van der Waals surface area contributed by atoms with Gasteiger partial charge in [0.25, 0.3) is 0 Å². The van der Waals surface area contributed by atoms with Crippen LogP contribution >= 0.6 is 12.4 Å². The van der Waals surface area contributed by atoms with Crippen LogP contribution < -0.4 is 5.32 Å². The van der Waals surface area contributed by atoms with Gasteiger partial charge in [0.15, 0.2) is 0 Å². The van der Waals surface area contributed by atoms with Crippen molar-refractivity contribution in [2.45, 2.75) is 25.3 Å². The molecule has 94 valence electrons. The highest BCUT2D eigenvalue weighted by Gasteiger charge is 2.27. The highest BCUT2D eigenvalue weighted by molar-refractivity contribution is 5.85. The molecule has 4 nitrogen and oxygen atoms in total. The third-order valence-electron chi connectivity index (χ3n) is 3.42. The summed E-state index contributed by atoms with van der Waals surface area (Å²) in [5.41, 5.74) is 0. The number of hydrogen-bond acceptors (Lipinski definition) is 3. The molecule has 2 saturated heterocycles. The number of likely N-dealkylation sites (N-methyl/N-ethyl adjacent to an activating group) is 1. The molecule has 5 heteroatoms. The van der Waals surface area contributed by atoms with Crippen molar-refractivity contribution in [1.29, 1.82) is 0 Å². The normalized spacial score (nSPS) is 27.3. The van der Waals surface area contributed by atoms with Crippen LogP contribution in [-0.4, -0.2) is 61.5 Å². The van der Waals surface area contributed by atoms with Crippen LogP contribution in [0.2, 0.25) is 0 Å². The fourth-order valence-electron chi connectivity index (χ4n) is 2.31. The Labute approximate surface area is 104 Å². The minimum atomic E-state index is 0. The monoisotopic (exact) mass is 247 g/mol. The maximum absolute atomic E-state index is 12.1. The maximum atomic E-state index is 12.1. The summed E-state index contributed by atoms with van der Waals surface area (Å²) >= 11 is 0. The third-order valence-corrected chi connectivity index (χ3v) is 3.42. The third kappa shape index (κ3) is 3.34. The molecule has 16 heavy (non-hydrogen) atoms. The van der Waals surface area contributed by atoms with E-state index in [-0.39, 0.29) is 18.4 Å². The van der Waals surface area contributed by atoms with Gasteiger partial charge in [-0.15, -0.1) is 12.4 Å². The molecule has 1 amide bonds. The van der Waals surface area contributed by atoms with Crippen LogP contribution in [0.25, 0.3) is 0 Å². The molecule has 0 bridgehead atoms. The van der Waals surface area contributed by atoms with Gasteiger partial charge in [-0.2, -0.15) is 0 Å². The number of carbonyl (C=O) groups excluding carboxylic acids is 1. The fraction of sp³-hybridized carbons (Fsp3) is 0.909. The van der Waals surface area contributed by atoms with Crippen molar-refractivity contribution >= 4 is 18.3 Å². The van der Waals surface area contributed by atoms with Gasteiger partial charge in [0.2, 0.25) is 5.91 Å². The van der Waals surface area contributed by atoms with Gasteiger partial charge in [0, 0.05) is 26.2 Å². The van der Waals surface area contributed by atoms with E-state index >= 15 is 0 Å². The second kappa shape index (κ2) is 6.42. The van der Waals surface area contributed by atoms with E-state index in [1.807, 2.05) is 4.90 Å². The van der Waals surface area contributed by atoms with E-state index in [1.54, 1.807) is 0 Å². The summed E-state index contributed by atoms with van der Waals surface area (Å²) in [6.07, 6.45) is 3.43. The number of nitrogens with zero attached hydrogens (tertiary/aromatic N) is 2. The topological polar surface area (TPSA) is 35.6 Å². The Morgan fingerprint density at radius 2 is 1.88 bits per heavy atom. The number of hydrogen-bond donors (Lipinski definition) is 1. The minimum absolute atomic E-state index is 0. The number of halogens is 1. The quantitative estimate of drug-likeness (QED) is 0.725. The molecule has 0 aromatic carbocycles. The van der Waals surface area contributed by atoms with Gasteiger partial charge < -0.3 is 15.1 Å². The minimum Gasteiger partial charge on any atom is -0.339 e. The average molecular weight is 248 g/mol. The number of rotatable bonds is 1. The van der Waals surface area contributed by atoms with Gasteiger partial charge >= 0.3 is 0 Å². The lowest BCUT2D eigenvalue weighted by Gasteiger charge is -2.35. The van der Waals surface area contributed by atoms with Crippen LogP contribution in [0.5, 0.6) is 0 Å². The molecule has 0 aromatic heterocycles. The summed E-state index contributed by atoms with van der Waals surface area (Å²) in [7, 11) is 2.11. The molecular weight excluding hydrogens is 226 g/mol. The fourth-order valence-corrected chi connectivity index (χ4v) is 2.31. The predicted octanol–water partition coefficient (Wildman–Crippen LogP) is 0.324. The molecule has 0 unspecified atom stereocenters. The first-order valence-corrected chi connectivity index (χ1v) is 5.98. The standard InChI is InChI=1S/C11H21N3O.ClH/c1-13-6-8-14(9-7-13)11(15)10-4-2-3-5-12-10;/h10,12H,2-9H2,1H3;1H/t10-;/m1./s1. The summed E-state index contributed by atoms with van der Waals surface area (Å²) < 4.78 is 0. The molecule has 2 rings (SSSR count). The predicted molar refractivity (Wildman–Crippen MR) is 67.0 cm³/mol. The molecule has 2 aliphatic rings. The van der Waals surface area contributed by atoms with E-state index in [9.17, 15) is 4.79 Å². The number of carbonyl (C=O) groups is 1. The van der Waals surface area contributed by atoms with E-state index in [4.69, 9.17) is 0 Å². The SMILES string of the molecule is CN1CCN(C(=O)[C@H]2CCCCN2)CC1.Cl. The molecule has 0 saturated carbocycles. The van der Waals surface area contributed by atoms with Crippen LogP contribution in [0.1, 0.15) is 19.3 Å². The van der Waals surface area contributed by atoms with Crippen molar-refractivity contribution < 1.29 is 4.79 Å². The number of nitrogens with one attached hydrogen (secondary N) is 1. The van der Waals surface area contributed by atoms with Crippen molar-refractivity contribution in [1.82, 2.24) is 15.1 Å². The Morgan fingerprint density at radius 3 is 2.44 bits per heavy atom. The first kappa shape index (κ1) is 13.7.